The Morgan fingerprint density at radius 3 is 2.33 bits per heavy atom. The van der Waals surface area contributed by atoms with E-state index in [1.165, 1.54) is 12.0 Å². The molecule has 0 saturated carbocycles. The van der Waals surface area contributed by atoms with Crippen molar-refractivity contribution in [1.29, 1.82) is 0 Å². The van der Waals surface area contributed by atoms with Crippen molar-refractivity contribution >= 4 is 8.32 Å². The van der Waals surface area contributed by atoms with E-state index in [1.54, 1.807) is 0 Å². The molecule has 0 saturated heterocycles. The molecule has 104 valence electrons. The zero-order chi connectivity index (χ0) is 14.0. The summed E-state index contributed by atoms with van der Waals surface area (Å²) < 4.78 is 6.15. The van der Waals surface area contributed by atoms with Gasteiger partial charge in [0.15, 0.2) is 0 Å². The van der Waals surface area contributed by atoms with Gasteiger partial charge in [0, 0.05) is 0 Å². The SMILES string of the molecule is CC(C)C1C=C/C(=C\O[Si](C)(C)C(C)(C)C)CC1. The summed E-state index contributed by atoms with van der Waals surface area (Å²) in [5.74, 6) is 1.50. The Morgan fingerprint density at radius 2 is 1.94 bits per heavy atom. The van der Waals surface area contributed by atoms with Crippen LogP contribution in [0.1, 0.15) is 47.5 Å². The van der Waals surface area contributed by atoms with Crippen LogP contribution < -0.4 is 0 Å². The van der Waals surface area contributed by atoms with Gasteiger partial charge in [-0.3, -0.25) is 0 Å². The van der Waals surface area contributed by atoms with Crippen molar-refractivity contribution in [2.24, 2.45) is 11.8 Å². The molecule has 1 atom stereocenters. The number of hydrogen-bond acceptors (Lipinski definition) is 1. The molecule has 0 fully saturated rings. The van der Waals surface area contributed by atoms with Crippen LogP contribution in [0.25, 0.3) is 0 Å². The largest absolute Gasteiger partial charge is 0.549 e. The Kier molecular flexibility index (Phi) is 4.88. The van der Waals surface area contributed by atoms with Crippen molar-refractivity contribution < 1.29 is 4.43 Å². The number of hydrogen-bond donors (Lipinski definition) is 0. The third-order valence-corrected chi connectivity index (χ3v) is 8.81. The molecule has 0 aromatic heterocycles. The van der Waals surface area contributed by atoms with Gasteiger partial charge in [-0.05, 0) is 48.4 Å². The first kappa shape index (κ1) is 15.6. The molecule has 0 aliphatic heterocycles. The standard InChI is InChI=1S/C16H30OSi/c1-13(2)15-10-8-14(9-11-15)12-17-18(6,7)16(3,4)5/h8,10,12-13,15H,9,11H2,1-7H3/b14-12+. The second-order valence-electron chi connectivity index (χ2n) is 7.38. The summed E-state index contributed by atoms with van der Waals surface area (Å²) in [6.07, 6.45) is 9.08. The van der Waals surface area contributed by atoms with Crippen LogP contribution >= 0.6 is 0 Å². The lowest BCUT2D eigenvalue weighted by molar-refractivity contribution is 0.408. The van der Waals surface area contributed by atoms with E-state index in [0.29, 0.717) is 0 Å². The molecule has 1 rings (SSSR count). The van der Waals surface area contributed by atoms with Gasteiger partial charge in [0.1, 0.15) is 0 Å². The average Bonchev–Trinajstić information content (AvgIpc) is 2.25. The lowest BCUT2D eigenvalue weighted by Crippen LogP contribution is -2.39. The Balaban J connectivity index is 2.63. The fraction of sp³-hybridized carbons (Fsp3) is 0.750. The van der Waals surface area contributed by atoms with Crippen molar-refractivity contribution in [3.63, 3.8) is 0 Å². The smallest absolute Gasteiger partial charge is 0.249 e. The summed E-state index contributed by atoms with van der Waals surface area (Å²) in [7, 11) is -1.64. The summed E-state index contributed by atoms with van der Waals surface area (Å²) in [6, 6.07) is 0. The Labute approximate surface area is 114 Å². The van der Waals surface area contributed by atoms with E-state index in [-0.39, 0.29) is 5.04 Å². The molecule has 0 N–H and O–H groups in total. The molecule has 18 heavy (non-hydrogen) atoms. The van der Waals surface area contributed by atoms with Gasteiger partial charge < -0.3 is 4.43 Å². The molecule has 0 spiro atoms. The molecule has 0 aromatic carbocycles. The highest BCUT2D eigenvalue weighted by molar-refractivity contribution is 6.74. The minimum atomic E-state index is -1.64. The first-order chi connectivity index (χ1) is 8.13. The normalized spacial score (nSPS) is 23.8. The van der Waals surface area contributed by atoms with Gasteiger partial charge in [-0.2, -0.15) is 0 Å². The second-order valence-corrected chi connectivity index (χ2v) is 12.1. The minimum Gasteiger partial charge on any atom is -0.549 e. The van der Waals surface area contributed by atoms with Crippen molar-refractivity contribution in [3.8, 4) is 0 Å². The van der Waals surface area contributed by atoms with Gasteiger partial charge in [-0.15, -0.1) is 0 Å². The van der Waals surface area contributed by atoms with E-state index in [1.807, 2.05) is 6.26 Å². The van der Waals surface area contributed by atoms with E-state index in [0.717, 1.165) is 18.3 Å². The van der Waals surface area contributed by atoms with Crippen molar-refractivity contribution in [3.05, 3.63) is 24.0 Å². The van der Waals surface area contributed by atoms with Crippen LogP contribution in [0.3, 0.4) is 0 Å². The van der Waals surface area contributed by atoms with Crippen molar-refractivity contribution in [2.75, 3.05) is 0 Å². The van der Waals surface area contributed by atoms with Crippen LogP contribution in [0.4, 0.5) is 0 Å². The van der Waals surface area contributed by atoms with Crippen LogP contribution in [-0.2, 0) is 4.43 Å². The predicted octanol–water partition coefficient (Wildman–Crippen LogP) is 5.51. The quantitative estimate of drug-likeness (QED) is 0.483. The van der Waals surface area contributed by atoms with E-state index in [2.05, 4.69) is 59.9 Å². The molecular formula is C16H30OSi. The minimum absolute atomic E-state index is 0.281. The van der Waals surface area contributed by atoms with E-state index >= 15 is 0 Å². The molecule has 1 aliphatic carbocycles. The first-order valence-electron chi connectivity index (χ1n) is 7.18. The van der Waals surface area contributed by atoms with Gasteiger partial charge in [0.2, 0.25) is 8.32 Å². The zero-order valence-electron chi connectivity index (χ0n) is 13.2. The van der Waals surface area contributed by atoms with Gasteiger partial charge in [-0.25, -0.2) is 0 Å². The summed E-state index contributed by atoms with van der Waals surface area (Å²) in [5, 5.41) is 0.281. The first-order valence-corrected chi connectivity index (χ1v) is 10.1. The number of allylic oxidation sites excluding steroid dienone is 3. The molecule has 0 heterocycles. The highest BCUT2D eigenvalue weighted by Gasteiger charge is 2.38. The maximum atomic E-state index is 6.15. The topological polar surface area (TPSA) is 9.23 Å². The predicted molar refractivity (Wildman–Crippen MR) is 83.1 cm³/mol. The van der Waals surface area contributed by atoms with Gasteiger partial charge in [0.05, 0.1) is 6.26 Å². The molecule has 0 amide bonds. The van der Waals surface area contributed by atoms with Crippen molar-refractivity contribution in [1.82, 2.24) is 0 Å². The molecule has 0 radical (unpaired) electrons. The molecule has 1 nitrogen and oxygen atoms in total. The Hall–Kier alpha value is -0.503. The molecule has 0 bridgehead atoms. The van der Waals surface area contributed by atoms with Gasteiger partial charge >= 0.3 is 0 Å². The van der Waals surface area contributed by atoms with E-state index in [9.17, 15) is 0 Å². The lowest BCUT2D eigenvalue weighted by Gasteiger charge is -2.35. The monoisotopic (exact) mass is 266 g/mol. The third kappa shape index (κ3) is 4.01. The maximum Gasteiger partial charge on any atom is 0.249 e. The fourth-order valence-electron chi connectivity index (χ4n) is 1.81. The Bertz CT molecular complexity index is 331. The zero-order valence-corrected chi connectivity index (χ0v) is 14.2. The third-order valence-electron chi connectivity index (χ3n) is 4.49. The van der Waals surface area contributed by atoms with E-state index < -0.39 is 8.32 Å². The highest BCUT2D eigenvalue weighted by atomic mass is 28.4. The average molecular weight is 267 g/mol. The summed E-state index contributed by atoms with van der Waals surface area (Å²) >= 11 is 0. The van der Waals surface area contributed by atoms with Crippen LogP contribution in [0.2, 0.25) is 18.1 Å². The summed E-state index contributed by atoms with van der Waals surface area (Å²) in [5.41, 5.74) is 1.36. The van der Waals surface area contributed by atoms with Crippen LogP contribution in [-0.4, -0.2) is 8.32 Å². The van der Waals surface area contributed by atoms with Crippen molar-refractivity contribution in [2.45, 2.75) is 65.6 Å². The summed E-state index contributed by atoms with van der Waals surface area (Å²) in [4.78, 5) is 0. The second kappa shape index (κ2) is 5.64. The van der Waals surface area contributed by atoms with Crippen LogP contribution in [0.5, 0.6) is 0 Å². The molecular weight excluding hydrogens is 236 g/mol. The fourth-order valence-corrected chi connectivity index (χ4v) is 2.61. The number of rotatable bonds is 3. The maximum absolute atomic E-state index is 6.15. The molecule has 2 heteroatoms. The Morgan fingerprint density at radius 1 is 1.33 bits per heavy atom. The van der Waals surface area contributed by atoms with Gasteiger partial charge in [-0.1, -0.05) is 46.8 Å². The molecule has 1 unspecified atom stereocenters. The van der Waals surface area contributed by atoms with Crippen LogP contribution in [0.15, 0.2) is 24.0 Å². The van der Waals surface area contributed by atoms with E-state index in [4.69, 9.17) is 4.43 Å². The lowest BCUT2D eigenvalue weighted by atomic mass is 9.85. The van der Waals surface area contributed by atoms with Crippen LogP contribution in [0, 0.1) is 11.8 Å². The van der Waals surface area contributed by atoms with Gasteiger partial charge in [0.25, 0.3) is 0 Å². The summed E-state index contributed by atoms with van der Waals surface area (Å²) in [6.45, 7) is 16.0. The highest BCUT2D eigenvalue weighted by Crippen LogP contribution is 2.37. The molecule has 0 aromatic rings. The molecule has 1 aliphatic rings.